The van der Waals surface area contributed by atoms with Crippen LogP contribution in [0.15, 0.2) is 76.3 Å². The molecule has 0 saturated carbocycles. The zero-order valence-electron chi connectivity index (χ0n) is 28.9. The SMILES string of the molecule is N#Cc1cc2c(=O)n3c4cc(C(F)(F)F)cc(C(F)(F)F)c4nc3c3ccc4c5ccc6c(=O)n7c8cc(C(F)(F)F)cc(C(F)(F)F)c8nc7c7ccc(c1c4c23)c5c67. The van der Waals surface area contributed by atoms with Gasteiger partial charge in [0.2, 0.25) is 0 Å². The fraction of sp³-hybridized carbons (Fsp3) is 0.0976. The lowest BCUT2D eigenvalue weighted by molar-refractivity contribution is -0.143. The summed E-state index contributed by atoms with van der Waals surface area (Å²) in [5, 5.41) is 12.2. The molecular weight excluding hydrogens is 822 g/mol. The largest absolute Gasteiger partial charge is 0.418 e. The fourth-order valence-electron chi connectivity index (χ4n) is 8.93. The van der Waals surface area contributed by atoms with Gasteiger partial charge in [-0.05, 0) is 70.1 Å². The van der Waals surface area contributed by atoms with E-state index in [1.165, 1.54) is 36.4 Å². The molecule has 0 aliphatic heterocycles. The van der Waals surface area contributed by atoms with E-state index in [1.807, 2.05) is 6.07 Å². The molecule has 0 N–H and O–H groups in total. The molecule has 7 aromatic carbocycles. The maximum absolute atomic E-state index is 14.3. The number of pyridine rings is 2. The predicted octanol–water partition coefficient (Wildman–Crippen LogP) is 11.2. The first-order valence-corrected chi connectivity index (χ1v) is 17.3. The maximum Gasteiger partial charge on any atom is 0.418 e. The van der Waals surface area contributed by atoms with Crippen LogP contribution in [0.2, 0.25) is 0 Å². The van der Waals surface area contributed by atoms with Gasteiger partial charge in [-0.15, -0.1) is 0 Å². The van der Waals surface area contributed by atoms with Crippen molar-refractivity contribution in [2.45, 2.75) is 24.7 Å². The second kappa shape index (κ2) is 10.7. The highest BCUT2D eigenvalue weighted by atomic mass is 19.4. The Balaban J connectivity index is 1.32. The van der Waals surface area contributed by atoms with Gasteiger partial charge in [-0.25, -0.2) is 9.97 Å². The molecule has 0 aliphatic rings. The molecule has 0 radical (unpaired) electrons. The molecule has 0 amide bonds. The number of nitriles is 1. The highest BCUT2D eigenvalue weighted by molar-refractivity contribution is 6.41. The number of aromatic nitrogens is 4. The van der Waals surface area contributed by atoms with Gasteiger partial charge in [-0.3, -0.25) is 18.4 Å². The Morgan fingerprint density at radius 3 is 1.32 bits per heavy atom. The molecule has 0 unspecified atom stereocenters. The summed E-state index contributed by atoms with van der Waals surface area (Å²) in [4.78, 5) is 36.7. The van der Waals surface area contributed by atoms with Crippen LogP contribution < -0.4 is 11.1 Å². The lowest BCUT2D eigenvalue weighted by atomic mass is 9.84. The van der Waals surface area contributed by atoms with Crippen molar-refractivity contribution in [1.82, 2.24) is 18.8 Å². The van der Waals surface area contributed by atoms with Gasteiger partial charge in [-0.2, -0.15) is 57.9 Å². The summed E-state index contributed by atoms with van der Waals surface area (Å²) in [6.07, 6.45) is -21.1. The van der Waals surface area contributed by atoms with Crippen molar-refractivity contribution in [1.29, 1.82) is 5.26 Å². The van der Waals surface area contributed by atoms with Crippen molar-refractivity contribution in [3.63, 3.8) is 0 Å². The number of benzene rings is 7. The van der Waals surface area contributed by atoms with E-state index < -0.39 is 85.8 Å². The van der Waals surface area contributed by atoms with Crippen LogP contribution in [-0.4, -0.2) is 18.8 Å². The summed E-state index contributed by atoms with van der Waals surface area (Å²) >= 11 is 0. The highest BCUT2D eigenvalue weighted by Crippen LogP contribution is 2.48. The number of hydrogen-bond acceptors (Lipinski definition) is 5. The summed E-state index contributed by atoms with van der Waals surface area (Å²) in [6.45, 7) is 0. The van der Waals surface area contributed by atoms with E-state index in [1.54, 1.807) is 0 Å². The van der Waals surface area contributed by atoms with Gasteiger partial charge in [-0.1, -0.05) is 18.2 Å². The van der Waals surface area contributed by atoms with E-state index in [0.717, 1.165) is 6.07 Å². The predicted molar refractivity (Wildman–Crippen MR) is 195 cm³/mol. The van der Waals surface area contributed by atoms with Crippen LogP contribution in [-0.2, 0) is 24.7 Å². The van der Waals surface area contributed by atoms with E-state index in [9.17, 15) is 67.5 Å². The van der Waals surface area contributed by atoms with Gasteiger partial charge in [0, 0.05) is 37.7 Å². The third kappa shape index (κ3) is 4.36. The van der Waals surface area contributed by atoms with Crippen molar-refractivity contribution in [3.8, 4) is 6.07 Å². The standard InChI is InChI=1S/C41H11F12N5O2/c42-38(43,44)14-8-23(40(48,49)50)32-25(10-14)57-34(55-32)19-5-3-18-27-13(12-54)7-22-30-20(4-1-17(31(27)30)16-2-6-21(36(57)59)29(19)28(16)18)35-56-33-24(41(51,52)53)9-15(39(45,46)47)11-26(33)58(35)37(22)60/h1-11H. The van der Waals surface area contributed by atoms with E-state index in [0.29, 0.717) is 37.1 Å². The van der Waals surface area contributed by atoms with Crippen LogP contribution in [0.5, 0.6) is 0 Å². The highest BCUT2D eigenvalue weighted by Gasteiger charge is 2.41. The third-order valence-electron chi connectivity index (χ3n) is 11.3. The molecule has 11 aromatic rings. The number of alkyl halides is 12. The van der Waals surface area contributed by atoms with Crippen molar-refractivity contribution >= 4 is 98.0 Å². The van der Waals surface area contributed by atoms with E-state index >= 15 is 0 Å². The Kier molecular flexibility index (Phi) is 6.39. The number of halogens is 12. The fourth-order valence-corrected chi connectivity index (χ4v) is 8.93. The van der Waals surface area contributed by atoms with E-state index in [-0.39, 0.29) is 71.8 Å². The molecule has 11 rings (SSSR count). The molecule has 0 spiro atoms. The van der Waals surface area contributed by atoms with Crippen LogP contribution in [0.25, 0.3) is 98.0 Å². The molecular formula is C41H11F12N5O2. The summed E-state index contributed by atoms with van der Waals surface area (Å²) in [6, 6.07) is 12.3. The molecule has 0 saturated heterocycles. The molecule has 4 heterocycles. The molecule has 0 fully saturated rings. The molecule has 0 bridgehead atoms. The Bertz CT molecular complexity index is 3950. The second-order valence-corrected chi connectivity index (χ2v) is 14.4. The Hall–Kier alpha value is -7.23. The maximum atomic E-state index is 14.3. The summed E-state index contributed by atoms with van der Waals surface area (Å²) < 4.78 is 170. The average Bonchev–Trinajstić information content (AvgIpc) is 3.76. The van der Waals surface area contributed by atoms with Gasteiger partial charge in [0.1, 0.15) is 22.3 Å². The molecule has 296 valence electrons. The third-order valence-corrected chi connectivity index (χ3v) is 11.3. The first-order valence-electron chi connectivity index (χ1n) is 17.3. The Morgan fingerprint density at radius 2 is 0.850 bits per heavy atom. The number of fused-ring (bicyclic) bond motifs is 10. The van der Waals surface area contributed by atoms with E-state index in [4.69, 9.17) is 0 Å². The monoisotopic (exact) mass is 833 g/mol. The molecule has 0 atom stereocenters. The van der Waals surface area contributed by atoms with Gasteiger partial charge >= 0.3 is 24.7 Å². The average molecular weight is 834 g/mol. The first-order chi connectivity index (χ1) is 28.1. The number of imidazole rings is 2. The number of nitrogens with zero attached hydrogens (tertiary/aromatic N) is 5. The van der Waals surface area contributed by atoms with Crippen molar-refractivity contribution in [2.24, 2.45) is 0 Å². The smallest absolute Gasteiger partial charge is 0.268 e. The minimum Gasteiger partial charge on any atom is -0.268 e. The second-order valence-electron chi connectivity index (χ2n) is 14.4. The van der Waals surface area contributed by atoms with Gasteiger partial charge in [0.05, 0.1) is 50.3 Å². The van der Waals surface area contributed by atoms with Gasteiger partial charge < -0.3 is 0 Å². The summed E-state index contributed by atoms with van der Waals surface area (Å²) in [7, 11) is 0. The minimum atomic E-state index is -5.32. The normalized spacial score (nSPS) is 13.8. The quantitative estimate of drug-likeness (QED) is 0.0862. The lowest BCUT2D eigenvalue weighted by Crippen LogP contribution is -2.15. The van der Waals surface area contributed by atoms with Crippen LogP contribution in [0.4, 0.5) is 52.7 Å². The zero-order chi connectivity index (χ0) is 42.5. The van der Waals surface area contributed by atoms with Crippen LogP contribution in [0.1, 0.15) is 27.8 Å². The molecule has 19 heteroatoms. The van der Waals surface area contributed by atoms with E-state index in [2.05, 4.69) is 9.97 Å². The first kappa shape index (κ1) is 35.9. The molecule has 0 aliphatic carbocycles. The summed E-state index contributed by atoms with van der Waals surface area (Å²) in [5.41, 5.74) is -13.1. The van der Waals surface area contributed by atoms with Crippen molar-refractivity contribution < 1.29 is 52.7 Å². The van der Waals surface area contributed by atoms with Crippen molar-refractivity contribution in [2.75, 3.05) is 0 Å². The lowest BCUT2D eigenvalue weighted by Gasteiger charge is -2.19. The Labute approximate surface area is 320 Å². The summed E-state index contributed by atoms with van der Waals surface area (Å²) in [5.74, 6) is 0. The number of rotatable bonds is 0. The van der Waals surface area contributed by atoms with Gasteiger partial charge in [0.15, 0.2) is 0 Å². The zero-order valence-corrected chi connectivity index (χ0v) is 28.9. The van der Waals surface area contributed by atoms with Gasteiger partial charge in [0.25, 0.3) is 11.1 Å². The van der Waals surface area contributed by atoms with Crippen LogP contribution >= 0.6 is 0 Å². The minimum absolute atomic E-state index is 0.0450. The topological polar surface area (TPSA) is 92.5 Å². The van der Waals surface area contributed by atoms with Crippen LogP contribution in [0, 0.1) is 11.3 Å². The van der Waals surface area contributed by atoms with Crippen LogP contribution in [0.3, 0.4) is 0 Å². The molecule has 7 nitrogen and oxygen atoms in total. The van der Waals surface area contributed by atoms with Crippen molar-refractivity contribution in [3.05, 3.63) is 115 Å². The molecule has 60 heavy (non-hydrogen) atoms. The Morgan fingerprint density at radius 1 is 0.450 bits per heavy atom. The molecule has 4 aromatic heterocycles. The number of hydrogen-bond donors (Lipinski definition) is 0.